The second-order valence-electron chi connectivity index (χ2n) is 3.45. The van der Waals surface area contributed by atoms with E-state index >= 15 is 0 Å². The fourth-order valence-corrected chi connectivity index (χ4v) is 1.64. The molecule has 2 rings (SSSR count). The lowest BCUT2D eigenvalue weighted by Crippen LogP contribution is -2.15. The maximum absolute atomic E-state index is 12.8. The molecule has 0 N–H and O–H groups in total. The van der Waals surface area contributed by atoms with E-state index in [1.54, 1.807) is 0 Å². The highest BCUT2D eigenvalue weighted by Crippen LogP contribution is 2.33. The number of hydrogen-bond donors (Lipinski definition) is 0. The summed E-state index contributed by atoms with van der Waals surface area (Å²) in [6.45, 7) is 0. The molecule has 0 aliphatic heterocycles. The minimum absolute atomic E-state index is 0.127. The summed E-state index contributed by atoms with van der Waals surface area (Å²) < 4.78 is 39.2. The minimum atomic E-state index is -4.66. The molecule has 0 saturated carbocycles. The van der Waals surface area contributed by atoms with Crippen molar-refractivity contribution in [1.82, 2.24) is 9.78 Å². The van der Waals surface area contributed by atoms with Crippen LogP contribution >= 0.6 is 11.6 Å². The SMILES string of the molecule is O=Cc1cnn(-c2ccc(Cl)cc2)c1C(F)(F)F. The van der Waals surface area contributed by atoms with Crippen LogP contribution in [0.4, 0.5) is 13.2 Å². The van der Waals surface area contributed by atoms with Gasteiger partial charge >= 0.3 is 6.18 Å². The molecule has 0 fully saturated rings. The molecular weight excluding hydrogens is 269 g/mol. The first-order chi connectivity index (χ1) is 8.43. The number of carbonyl (C=O) groups excluding carboxylic acids is 1. The van der Waals surface area contributed by atoms with Crippen LogP contribution in [0.25, 0.3) is 5.69 Å². The van der Waals surface area contributed by atoms with Crippen molar-refractivity contribution in [2.75, 3.05) is 0 Å². The number of benzene rings is 1. The summed E-state index contributed by atoms with van der Waals surface area (Å²) in [5.41, 5.74) is -1.42. The average Bonchev–Trinajstić information content (AvgIpc) is 2.73. The van der Waals surface area contributed by atoms with Crippen molar-refractivity contribution in [3.05, 3.63) is 46.7 Å². The number of rotatable bonds is 2. The zero-order valence-electron chi connectivity index (χ0n) is 8.78. The van der Waals surface area contributed by atoms with Crippen molar-refractivity contribution >= 4 is 17.9 Å². The Morgan fingerprint density at radius 1 is 1.22 bits per heavy atom. The minimum Gasteiger partial charge on any atom is -0.298 e. The maximum atomic E-state index is 12.8. The topological polar surface area (TPSA) is 34.9 Å². The van der Waals surface area contributed by atoms with Gasteiger partial charge in [0.1, 0.15) is 0 Å². The Labute approximate surface area is 105 Å². The van der Waals surface area contributed by atoms with Gasteiger partial charge in [0.25, 0.3) is 0 Å². The van der Waals surface area contributed by atoms with E-state index in [9.17, 15) is 18.0 Å². The highest BCUT2D eigenvalue weighted by atomic mass is 35.5. The van der Waals surface area contributed by atoms with E-state index in [1.165, 1.54) is 24.3 Å². The van der Waals surface area contributed by atoms with Gasteiger partial charge in [-0.1, -0.05) is 11.6 Å². The van der Waals surface area contributed by atoms with Crippen molar-refractivity contribution in [3.63, 3.8) is 0 Å². The molecule has 0 aliphatic rings. The van der Waals surface area contributed by atoms with Crippen LogP contribution in [-0.2, 0) is 6.18 Å². The average molecular weight is 275 g/mol. The van der Waals surface area contributed by atoms with E-state index in [4.69, 9.17) is 11.6 Å². The first-order valence-corrected chi connectivity index (χ1v) is 5.17. The number of aromatic nitrogens is 2. The molecule has 7 heteroatoms. The molecule has 1 aromatic carbocycles. The Balaban J connectivity index is 2.61. The lowest BCUT2D eigenvalue weighted by Gasteiger charge is -2.11. The van der Waals surface area contributed by atoms with Crippen LogP contribution in [-0.4, -0.2) is 16.1 Å². The third kappa shape index (κ3) is 2.24. The van der Waals surface area contributed by atoms with Gasteiger partial charge in [0.15, 0.2) is 12.0 Å². The Hall–Kier alpha value is -1.82. The Bertz CT molecular complexity index is 575. The van der Waals surface area contributed by atoms with E-state index in [2.05, 4.69) is 5.10 Å². The van der Waals surface area contributed by atoms with Gasteiger partial charge in [0.05, 0.1) is 17.4 Å². The van der Waals surface area contributed by atoms with Gasteiger partial charge in [0.2, 0.25) is 0 Å². The molecule has 0 unspecified atom stereocenters. The number of alkyl halides is 3. The predicted molar refractivity (Wildman–Crippen MR) is 59.0 cm³/mol. The molecule has 0 amide bonds. The van der Waals surface area contributed by atoms with Gasteiger partial charge in [-0.2, -0.15) is 18.3 Å². The molecule has 18 heavy (non-hydrogen) atoms. The Kier molecular flexibility index (Phi) is 3.13. The standard InChI is InChI=1S/C11H6ClF3N2O/c12-8-1-3-9(4-2-8)17-10(11(13,14)15)7(6-18)5-16-17/h1-6H. The van der Waals surface area contributed by atoms with Crippen LogP contribution in [0.3, 0.4) is 0 Å². The van der Waals surface area contributed by atoms with E-state index in [-0.39, 0.29) is 12.0 Å². The molecule has 0 bridgehead atoms. The molecule has 0 aliphatic carbocycles. The zero-order valence-corrected chi connectivity index (χ0v) is 9.53. The third-order valence-corrected chi connectivity index (χ3v) is 2.52. The van der Waals surface area contributed by atoms with Crippen LogP contribution in [0.15, 0.2) is 30.5 Å². The predicted octanol–water partition coefficient (Wildman–Crippen LogP) is 3.36. The highest BCUT2D eigenvalue weighted by Gasteiger charge is 2.38. The van der Waals surface area contributed by atoms with Gasteiger partial charge in [-0.05, 0) is 24.3 Å². The molecule has 1 heterocycles. The molecule has 2 aromatic rings. The van der Waals surface area contributed by atoms with Crippen LogP contribution in [0.5, 0.6) is 0 Å². The lowest BCUT2D eigenvalue weighted by atomic mass is 10.2. The van der Waals surface area contributed by atoms with Crippen LogP contribution in [0.1, 0.15) is 16.1 Å². The molecule has 0 radical (unpaired) electrons. The summed E-state index contributed by atoms with van der Waals surface area (Å²) in [6, 6.07) is 5.66. The van der Waals surface area contributed by atoms with Crippen molar-refractivity contribution in [2.24, 2.45) is 0 Å². The van der Waals surface area contributed by atoms with E-state index in [1.807, 2.05) is 0 Å². The number of halogens is 4. The van der Waals surface area contributed by atoms with Gasteiger partial charge in [0, 0.05) is 5.02 Å². The van der Waals surface area contributed by atoms with Crippen molar-refractivity contribution in [2.45, 2.75) is 6.18 Å². The molecule has 0 atom stereocenters. The number of hydrogen-bond acceptors (Lipinski definition) is 2. The molecule has 0 saturated heterocycles. The molecular formula is C11H6ClF3N2O. The summed E-state index contributed by atoms with van der Waals surface area (Å²) >= 11 is 5.65. The first kappa shape index (κ1) is 12.6. The summed E-state index contributed by atoms with van der Waals surface area (Å²) in [4.78, 5) is 10.6. The van der Waals surface area contributed by atoms with Gasteiger partial charge in [-0.3, -0.25) is 4.79 Å². The maximum Gasteiger partial charge on any atom is 0.434 e. The van der Waals surface area contributed by atoms with Crippen LogP contribution in [0.2, 0.25) is 5.02 Å². The number of aldehydes is 1. The largest absolute Gasteiger partial charge is 0.434 e. The third-order valence-electron chi connectivity index (χ3n) is 2.26. The molecule has 3 nitrogen and oxygen atoms in total. The first-order valence-electron chi connectivity index (χ1n) is 4.80. The molecule has 0 spiro atoms. The van der Waals surface area contributed by atoms with E-state index in [0.29, 0.717) is 9.70 Å². The number of carbonyl (C=O) groups is 1. The fraction of sp³-hybridized carbons (Fsp3) is 0.0909. The van der Waals surface area contributed by atoms with Crippen molar-refractivity contribution < 1.29 is 18.0 Å². The highest BCUT2D eigenvalue weighted by molar-refractivity contribution is 6.30. The summed E-state index contributed by atoms with van der Waals surface area (Å²) in [5.74, 6) is 0. The summed E-state index contributed by atoms with van der Waals surface area (Å²) in [7, 11) is 0. The quantitative estimate of drug-likeness (QED) is 0.787. The number of nitrogens with zero attached hydrogens (tertiary/aromatic N) is 2. The molecule has 94 valence electrons. The van der Waals surface area contributed by atoms with E-state index < -0.39 is 17.4 Å². The second-order valence-corrected chi connectivity index (χ2v) is 3.89. The summed E-state index contributed by atoms with van der Waals surface area (Å²) in [6.07, 6.45) is -3.65. The van der Waals surface area contributed by atoms with E-state index in [0.717, 1.165) is 6.20 Å². The van der Waals surface area contributed by atoms with Gasteiger partial charge in [-0.25, -0.2) is 4.68 Å². The molecule has 1 aromatic heterocycles. The summed E-state index contributed by atoms with van der Waals surface area (Å²) in [5, 5.41) is 3.97. The second kappa shape index (κ2) is 4.45. The Morgan fingerprint density at radius 3 is 2.33 bits per heavy atom. The lowest BCUT2D eigenvalue weighted by molar-refractivity contribution is -0.143. The van der Waals surface area contributed by atoms with Crippen molar-refractivity contribution in [1.29, 1.82) is 0 Å². The fourth-order valence-electron chi connectivity index (χ4n) is 1.51. The van der Waals surface area contributed by atoms with Crippen molar-refractivity contribution in [3.8, 4) is 5.69 Å². The van der Waals surface area contributed by atoms with Crippen LogP contribution < -0.4 is 0 Å². The smallest absolute Gasteiger partial charge is 0.298 e. The normalized spacial score (nSPS) is 11.6. The zero-order chi connectivity index (χ0) is 13.3. The Morgan fingerprint density at radius 2 is 1.83 bits per heavy atom. The van der Waals surface area contributed by atoms with Crippen LogP contribution in [0, 0.1) is 0 Å². The van der Waals surface area contributed by atoms with Gasteiger partial charge in [-0.15, -0.1) is 0 Å². The monoisotopic (exact) mass is 274 g/mol. The van der Waals surface area contributed by atoms with Gasteiger partial charge < -0.3 is 0 Å².